The molecule has 0 aliphatic carbocycles. The van der Waals surface area contributed by atoms with E-state index in [0.717, 1.165) is 19.4 Å². The standard InChI is InChI=1S/C19H20ClNO4/c1-23-18-9-8-13(11-16(18)20)21-19(22)15-6-2-3-7-17(15)25-12-14-5-4-10-24-14/h2-3,6-9,11,14H,4-5,10,12H2,1H3,(H,21,22). The smallest absolute Gasteiger partial charge is 0.259 e. The topological polar surface area (TPSA) is 56.8 Å². The highest BCUT2D eigenvalue weighted by molar-refractivity contribution is 6.32. The van der Waals surface area contributed by atoms with Crippen LogP contribution in [0.25, 0.3) is 0 Å². The molecular formula is C19H20ClNO4. The fourth-order valence-electron chi connectivity index (χ4n) is 2.68. The summed E-state index contributed by atoms with van der Waals surface area (Å²) in [5, 5.41) is 3.26. The number of halogens is 1. The van der Waals surface area contributed by atoms with Gasteiger partial charge in [-0.15, -0.1) is 0 Å². The van der Waals surface area contributed by atoms with Crippen molar-refractivity contribution in [3.05, 3.63) is 53.1 Å². The molecule has 0 aromatic heterocycles. The van der Waals surface area contributed by atoms with Crippen molar-refractivity contribution in [1.29, 1.82) is 0 Å². The Morgan fingerprint density at radius 3 is 2.84 bits per heavy atom. The van der Waals surface area contributed by atoms with Gasteiger partial charge in [-0.25, -0.2) is 0 Å². The number of carbonyl (C=O) groups excluding carboxylic acids is 1. The zero-order chi connectivity index (χ0) is 17.6. The van der Waals surface area contributed by atoms with Gasteiger partial charge < -0.3 is 19.5 Å². The second-order valence-corrected chi connectivity index (χ2v) is 6.15. The molecule has 0 radical (unpaired) electrons. The first-order chi connectivity index (χ1) is 12.2. The Hall–Kier alpha value is -2.24. The Kier molecular flexibility index (Phi) is 5.79. The fraction of sp³-hybridized carbons (Fsp3) is 0.316. The minimum Gasteiger partial charge on any atom is -0.495 e. The zero-order valence-corrected chi connectivity index (χ0v) is 14.7. The number of hydrogen-bond acceptors (Lipinski definition) is 4. The summed E-state index contributed by atoms with van der Waals surface area (Å²) >= 11 is 6.10. The van der Waals surface area contributed by atoms with Gasteiger partial charge >= 0.3 is 0 Å². The molecule has 1 atom stereocenters. The van der Waals surface area contributed by atoms with Crippen LogP contribution in [0.3, 0.4) is 0 Å². The zero-order valence-electron chi connectivity index (χ0n) is 14.0. The molecule has 1 fully saturated rings. The molecular weight excluding hydrogens is 342 g/mol. The van der Waals surface area contributed by atoms with Crippen molar-refractivity contribution < 1.29 is 19.0 Å². The molecule has 0 spiro atoms. The van der Waals surface area contributed by atoms with Crippen LogP contribution in [0.15, 0.2) is 42.5 Å². The molecule has 0 bridgehead atoms. The second kappa shape index (κ2) is 8.23. The van der Waals surface area contributed by atoms with Gasteiger partial charge in [-0.1, -0.05) is 23.7 Å². The molecule has 6 heteroatoms. The lowest BCUT2D eigenvalue weighted by Gasteiger charge is -2.15. The third kappa shape index (κ3) is 4.44. The van der Waals surface area contributed by atoms with Crippen LogP contribution in [0.1, 0.15) is 23.2 Å². The van der Waals surface area contributed by atoms with Gasteiger partial charge in [0.2, 0.25) is 0 Å². The molecule has 1 N–H and O–H groups in total. The summed E-state index contributed by atoms with van der Waals surface area (Å²) in [7, 11) is 1.54. The number of amides is 1. The Balaban J connectivity index is 1.70. The normalized spacial score (nSPS) is 16.5. The van der Waals surface area contributed by atoms with Crippen molar-refractivity contribution in [3.8, 4) is 11.5 Å². The molecule has 1 unspecified atom stereocenters. The maximum absolute atomic E-state index is 12.6. The molecule has 1 aliphatic rings. The summed E-state index contributed by atoms with van der Waals surface area (Å²) in [6.07, 6.45) is 2.13. The molecule has 1 heterocycles. The average molecular weight is 362 g/mol. The number of carbonyl (C=O) groups is 1. The van der Waals surface area contributed by atoms with Crippen molar-refractivity contribution in [1.82, 2.24) is 0 Å². The van der Waals surface area contributed by atoms with Gasteiger partial charge in [0.25, 0.3) is 5.91 Å². The van der Waals surface area contributed by atoms with Gasteiger partial charge in [0, 0.05) is 12.3 Å². The highest BCUT2D eigenvalue weighted by atomic mass is 35.5. The monoisotopic (exact) mass is 361 g/mol. The first-order valence-electron chi connectivity index (χ1n) is 8.15. The molecule has 3 rings (SSSR count). The third-order valence-corrected chi connectivity index (χ3v) is 4.29. The molecule has 0 saturated carbocycles. The SMILES string of the molecule is COc1ccc(NC(=O)c2ccccc2OCC2CCCO2)cc1Cl. The number of anilines is 1. The Labute approximate surface area is 151 Å². The minimum atomic E-state index is -0.260. The Morgan fingerprint density at radius 2 is 2.12 bits per heavy atom. The minimum absolute atomic E-state index is 0.0940. The first kappa shape index (κ1) is 17.6. The molecule has 2 aromatic rings. The Bertz CT molecular complexity index is 744. The predicted octanol–water partition coefficient (Wildman–Crippen LogP) is 4.16. The summed E-state index contributed by atoms with van der Waals surface area (Å²) in [6.45, 7) is 1.22. The average Bonchev–Trinajstić information content (AvgIpc) is 3.14. The van der Waals surface area contributed by atoms with E-state index in [1.54, 1.807) is 43.5 Å². The number of hydrogen-bond donors (Lipinski definition) is 1. The van der Waals surface area contributed by atoms with Gasteiger partial charge in [-0.3, -0.25) is 4.79 Å². The summed E-state index contributed by atoms with van der Waals surface area (Å²) in [5.74, 6) is 0.833. The van der Waals surface area contributed by atoms with E-state index in [-0.39, 0.29) is 12.0 Å². The van der Waals surface area contributed by atoms with Crippen LogP contribution in [-0.2, 0) is 4.74 Å². The van der Waals surface area contributed by atoms with E-state index in [0.29, 0.717) is 34.4 Å². The highest BCUT2D eigenvalue weighted by Crippen LogP contribution is 2.28. The number of para-hydroxylation sites is 1. The number of benzene rings is 2. The fourth-order valence-corrected chi connectivity index (χ4v) is 2.94. The molecule has 1 saturated heterocycles. The van der Waals surface area contributed by atoms with E-state index in [1.807, 2.05) is 6.07 Å². The molecule has 132 valence electrons. The second-order valence-electron chi connectivity index (χ2n) is 5.75. The van der Waals surface area contributed by atoms with Crippen molar-refractivity contribution in [2.75, 3.05) is 25.6 Å². The summed E-state index contributed by atoms with van der Waals surface area (Å²) in [6, 6.07) is 12.2. The summed E-state index contributed by atoms with van der Waals surface area (Å²) in [4.78, 5) is 12.6. The lowest BCUT2D eigenvalue weighted by molar-refractivity contribution is 0.0673. The van der Waals surface area contributed by atoms with Crippen molar-refractivity contribution in [2.45, 2.75) is 18.9 Å². The van der Waals surface area contributed by atoms with Gasteiger partial charge in [0.05, 0.1) is 23.8 Å². The molecule has 1 amide bonds. The quantitative estimate of drug-likeness (QED) is 0.839. The van der Waals surface area contributed by atoms with Crippen molar-refractivity contribution in [3.63, 3.8) is 0 Å². The van der Waals surface area contributed by atoms with Gasteiger partial charge in [0.1, 0.15) is 18.1 Å². The van der Waals surface area contributed by atoms with Crippen LogP contribution in [0.4, 0.5) is 5.69 Å². The Morgan fingerprint density at radius 1 is 1.28 bits per heavy atom. The number of ether oxygens (including phenoxy) is 3. The predicted molar refractivity (Wildman–Crippen MR) is 96.9 cm³/mol. The van der Waals surface area contributed by atoms with E-state index in [2.05, 4.69) is 5.32 Å². The third-order valence-electron chi connectivity index (χ3n) is 3.99. The van der Waals surface area contributed by atoms with E-state index in [1.165, 1.54) is 0 Å². The van der Waals surface area contributed by atoms with E-state index in [9.17, 15) is 4.79 Å². The maximum Gasteiger partial charge on any atom is 0.259 e. The molecule has 5 nitrogen and oxygen atoms in total. The highest BCUT2D eigenvalue weighted by Gasteiger charge is 2.18. The van der Waals surface area contributed by atoms with E-state index in [4.69, 9.17) is 25.8 Å². The summed E-state index contributed by atoms with van der Waals surface area (Å²) in [5.41, 5.74) is 1.05. The number of methoxy groups -OCH3 is 1. The van der Waals surface area contributed by atoms with Crippen LogP contribution >= 0.6 is 11.6 Å². The van der Waals surface area contributed by atoms with Crippen LogP contribution in [0.5, 0.6) is 11.5 Å². The lowest BCUT2D eigenvalue weighted by atomic mass is 10.1. The molecule has 1 aliphatic heterocycles. The van der Waals surface area contributed by atoms with Crippen LogP contribution in [0.2, 0.25) is 5.02 Å². The van der Waals surface area contributed by atoms with Crippen LogP contribution in [0, 0.1) is 0 Å². The summed E-state index contributed by atoms with van der Waals surface area (Å²) < 4.78 is 16.5. The van der Waals surface area contributed by atoms with Crippen LogP contribution < -0.4 is 14.8 Å². The largest absolute Gasteiger partial charge is 0.495 e. The lowest BCUT2D eigenvalue weighted by Crippen LogP contribution is -2.19. The molecule has 25 heavy (non-hydrogen) atoms. The maximum atomic E-state index is 12.6. The number of rotatable bonds is 6. The first-order valence-corrected chi connectivity index (χ1v) is 8.53. The van der Waals surface area contributed by atoms with E-state index < -0.39 is 0 Å². The van der Waals surface area contributed by atoms with Gasteiger partial charge in [0.15, 0.2) is 0 Å². The van der Waals surface area contributed by atoms with Gasteiger partial charge in [-0.05, 0) is 43.2 Å². The van der Waals surface area contributed by atoms with Crippen LogP contribution in [-0.4, -0.2) is 32.3 Å². The number of nitrogens with one attached hydrogen (secondary N) is 1. The van der Waals surface area contributed by atoms with Gasteiger partial charge in [-0.2, -0.15) is 0 Å². The van der Waals surface area contributed by atoms with Crippen molar-refractivity contribution in [2.24, 2.45) is 0 Å². The van der Waals surface area contributed by atoms with Crippen molar-refractivity contribution >= 4 is 23.2 Å². The molecule has 2 aromatic carbocycles. The van der Waals surface area contributed by atoms with E-state index >= 15 is 0 Å².